The summed E-state index contributed by atoms with van der Waals surface area (Å²) < 4.78 is 5.02. The van der Waals surface area contributed by atoms with Crippen LogP contribution >= 0.6 is 0 Å². The van der Waals surface area contributed by atoms with Crippen molar-refractivity contribution in [3.05, 3.63) is 53.6 Å². The van der Waals surface area contributed by atoms with Crippen molar-refractivity contribution in [3.63, 3.8) is 0 Å². The average Bonchev–Trinajstić information content (AvgIpc) is 3.14. The smallest absolute Gasteiger partial charge is 0.255 e. The van der Waals surface area contributed by atoms with E-state index in [0.717, 1.165) is 18.7 Å². The second-order valence-corrected chi connectivity index (χ2v) is 5.93. The summed E-state index contributed by atoms with van der Waals surface area (Å²) in [6, 6.07) is 12.9. The van der Waals surface area contributed by atoms with Gasteiger partial charge in [-0.2, -0.15) is 0 Å². The highest BCUT2D eigenvalue weighted by molar-refractivity contribution is 5.96. The highest BCUT2D eigenvalue weighted by atomic mass is 16.5. The van der Waals surface area contributed by atoms with Crippen LogP contribution in [0.25, 0.3) is 0 Å². The molecule has 24 heavy (non-hydrogen) atoms. The molecule has 0 aromatic heterocycles. The monoisotopic (exact) mass is 326 g/mol. The number of nitrogens with zero attached hydrogens (tertiary/aromatic N) is 1. The van der Waals surface area contributed by atoms with Crippen molar-refractivity contribution < 1.29 is 14.6 Å². The van der Waals surface area contributed by atoms with E-state index in [2.05, 4.69) is 22.3 Å². The fraction of sp³-hybridized carbons (Fsp3) is 0.316. The number of phenols is 1. The molecule has 0 spiro atoms. The first-order valence-corrected chi connectivity index (χ1v) is 8.16. The molecule has 2 aromatic rings. The molecule has 3 rings (SSSR count). The number of benzene rings is 2. The first kappa shape index (κ1) is 16.2. The zero-order chi connectivity index (χ0) is 16.9. The third-order valence-corrected chi connectivity index (χ3v) is 4.31. The number of hydrogen-bond donors (Lipinski definition) is 2. The molecule has 1 heterocycles. The molecule has 2 aromatic carbocycles. The molecule has 1 amide bonds. The third kappa shape index (κ3) is 3.62. The van der Waals surface area contributed by atoms with Gasteiger partial charge in [-0.25, -0.2) is 0 Å². The lowest BCUT2D eigenvalue weighted by Gasteiger charge is -2.17. The zero-order valence-electron chi connectivity index (χ0n) is 13.8. The number of rotatable bonds is 5. The van der Waals surface area contributed by atoms with Gasteiger partial charge in [0.1, 0.15) is 11.5 Å². The number of phenolic OH excluding ortho intramolecular Hbond substituents is 1. The van der Waals surface area contributed by atoms with E-state index < -0.39 is 0 Å². The van der Waals surface area contributed by atoms with Crippen molar-refractivity contribution >= 4 is 11.6 Å². The summed E-state index contributed by atoms with van der Waals surface area (Å²) in [6.07, 6.45) is 2.51. The van der Waals surface area contributed by atoms with Crippen LogP contribution in [0.2, 0.25) is 0 Å². The number of carbonyl (C=O) groups excluding carboxylic acids is 1. The predicted molar refractivity (Wildman–Crippen MR) is 93.7 cm³/mol. The maximum atomic E-state index is 12.2. The Balaban J connectivity index is 1.59. The molecule has 1 aliphatic heterocycles. The van der Waals surface area contributed by atoms with Crippen molar-refractivity contribution in [2.24, 2.45) is 0 Å². The Labute approximate surface area is 141 Å². The van der Waals surface area contributed by atoms with Crippen LogP contribution in [-0.2, 0) is 6.54 Å². The summed E-state index contributed by atoms with van der Waals surface area (Å²) in [4.78, 5) is 14.6. The van der Waals surface area contributed by atoms with E-state index in [1.54, 1.807) is 12.1 Å². The number of hydrogen-bond acceptors (Lipinski definition) is 4. The molecule has 126 valence electrons. The normalized spacial score (nSPS) is 13.8. The number of ether oxygens (including phenoxy) is 1. The van der Waals surface area contributed by atoms with Crippen LogP contribution < -0.4 is 15.0 Å². The quantitative estimate of drug-likeness (QED) is 0.887. The van der Waals surface area contributed by atoms with E-state index in [1.165, 1.54) is 31.7 Å². The van der Waals surface area contributed by atoms with Crippen molar-refractivity contribution in [2.75, 3.05) is 25.1 Å². The molecule has 0 aliphatic carbocycles. The van der Waals surface area contributed by atoms with Crippen molar-refractivity contribution in [1.82, 2.24) is 5.32 Å². The van der Waals surface area contributed by atoms with Crippen LogP contribution in [0, 0.1) is 0 Å². The fourth-order valence-corrected chi connectivity index (χ4v) is 2.91. The molecular weight excluding hydrogens is 304 g/mol. The lowest BCUT2D eigenvalue weighted by molar-refractivity contribution is 0.0948. The number of nitrogens with one attached hydrogen (secondary N) is 1. The Morgan fingerprint density at radius 2 is 1.88 bits per heavy atom. The van der Waals surface area contributed by atoms with Gasteiger partial charge >= 0.3 is 0 Å². The van der Waals surface area contributed by atoms with Crippen LogP contribution in [0.3, 0.4) is 0 Å². The summed E-state index contributed by atoms with van der Waals surface area (Å²) in [5, 5.41) is 12.7. The molecule has 0 saturated carbocycles. The molecule has 5 heteroatoms. The topological polar surface area (TPSA) is 61.8 Å². The van der Waals surface area contributed by atoms with Gasteiger partial charge in [0.25, 0.3) is 5.91 Å². The van der Waals surface area contributed by atoms with Crippen LogP contribution in [0.1, 0.15) is 28.8 Å². The third-order valence-electron chi connectivity index (χ3n) is 4.31. The summed E-state index contributed by atoms with van der Waals surface area (Å²) in [6.45, 7) is 2.66. The molecule has 1 aliphatic rings. The van der Waals surface area contributed by atoms with E-state index >= 15 is 0 Å². The van der Waals surface area contributed by atoms with Gasteiger partial charge in [0.05, 0.1) is 12.7 Å². The lowest BCUT2D eigenvalue weighted by atomic mass is 10.1. The van der Waals surface area contributed by atoms with Crippen LogP contribution in [0.5, 0.6) is 11.5 Å². The van der Waals surface area contributed by atoms with Gasteiger partial charge in [0, 0.05) is 31.4 Å². The summed E-state index contributed by atoms with van der Waals surface area (Å²) in [5.41, 5.74) is 2.50. The van der Waals surface area contributed by atoms with Gasteiger partial charge in [0.15, 0.2) is 0 Å². The zero-order valence-corrected chi connectivity index (χ0v) is 13.8. The van der Waals surface area contributed by atoms with Crippen LogP contribution in [-0.4, -0.2) is 31.2 Å². The highest BCUT2D eigenvalue weighted by Crippen LogP contribution is 2.23. The molecule has 5 nitrogen and oxygen atoms in total. The van der Waals surface area contributed by atoms with E-state index in [9.17, 15) is 9.90 Å². The molecule has 0 atom stereocenters. The molecule has 1 fully saturated rings. The van der Waals surface area contributed by atoms with Gasteiger partial charge < -0.3 is 20.1 Å². The van der Waals surface area contributed by atoms with Crippen LogP contribution in [0.15, 0.2) is 42.5 Å². The first-order valence-electron chi connectivity index (χ1n) is 8.16. The van der Waals surface area contributed by atoms with Crippen LogP contribution in [0.4, 0.5) is 5.69 Å². The minimum Gasteiger partial charge on any atom is -0.507 e. The van der Waals surface area contributed by atoms with Gasteiger partial charge in [-0.1, -0.05) is 12.1 Å². The van der Waals surface area contributed by atoms with Gasteiger partial charge in [-0.05, 0) is 42.7 Å². The minimum atomic E-state index is -0.307. The summed E-state index contributed by atoms with van der Waals surface area (Å²) >= 11 is 0. The molecule has 2 N–H and O–H groups in total. The number of anilines is 1. The Kier molecular flexibility index (Phi) is 4.89. The van der Waals surface area contributed by atoms with E-state index in [4.69, 9.17) is 4.74 Å². The standard InChI is InChI=1S/C19H22N2O3/c1-24-16-8-9-17(18(22)12-16)19(23)20-13-14-4-6-15(7-5-14)21-10-2-3-11-21/h4-9,12,22H,2-3,10-11,13H2,1H3,(H,20,23). The second-order valence-electron chi connectivity index (χ2n) is 5.93. The Morgan fingerprint density at radius 3 is 2.50 bits per heavy atom. The Hall–Kier alpha value is -2.69. The average molecular weight is 326 g/mol. The second kappa shape index (κ2) is 7.25. The Bertz CT molecular complexity index is 707. The van der Waals surface area contributed by atoms with Crippen molar-refractivity contribution in [1.29, 1.82) is 0 Å². The molecule has 0 unspecified atom stereocenters. The lowest BCUT2D eigenvalue weighted by Crippen LogP contribution is -2.23. The van der Waals surface area contributed by atoms with E-state index in [0.29, 0.717) is 12.3 Å². The number of amides is 1. The highest BCUT2D eigenvalue weighted by Gasteiger charge is 2.13. The predicted octanol–water partition coefficient (Wildman–Crippen LogP) is 2.93. The number of carbonyl (C=O) groups is 1. The fourth-order valence-electron chi connectivity index (χ4n) is 2.91. The number of methoxy groups -OCH3 is 1. The van der Waals surface area contributed by atoms with E-state index in [1.807, 2.05) is 12.1 Å². The van der Waals surface area contributed by atoms with Crippen molar-refractivity contribution in [2.45, 2.75) is 19.4 Å². The Morgan fingerprint density at radius 1 is 1.17 bits per heavy atom. The molecule has 1 saturated heterocycles. The van der Waals surface area contributed by atoms with E-state index in [-0.39, 0.29) is 17.2 Å². The summed E-state index contributed by atoms with van der Waals surface area (Å²) in [7, 11) is 1.51. The molecule has 0 radical (unpaired) electrons. The van der Waals surface area contributed by atoms with Crippen molar-refractivity contribution in [3.8, 4) is 11.5 Å². The largest absolute Gasteiger partial charge is 0.507 e. The van der Waals surface area contributed by atoms with Gasteiger partial charge in [0.2, 0.25) is 0 Å². The van der Waals surface area contributed by atoms with Gasteiger partial charge in [-0.15, -0.1) is 0 Å². The maximum Gasteiger partial charge on any atom is 0.255 e. The minimum absolute atomic E-state index is 0.0868. The maximum absolute atomic E-state index is 12.2. The SMILES string of the molecule is COc1ccc(C(=O)NCc2ccc(N3CCCC3)cc2)c(O)c1. The molecule has 0 bridgehead atoms. The first-order chi connectivity index (χ1) is 11.7. The number of aromatic hydroxyl groups is 1. The summed E-state index contributed by atoms with van der Waals surface area (Å²) in [5.74, 6) is 0.122. The van der Waals surface area contributed by atoms with Gasteiger partial charge in [-0.3, -0.25) is 4.79 Å². The molecular formula is C19H22N2O3.